The number of phenols is 1. The lowest BCUT2D eigenvalue weighted by Gasteiger charge is -2.22. The molecule has 3 fully saturated rings. The van der Waals surface area contributed by atoms with Gasteiger partial charge in [0.25, 0.3) is 0 Å². The van der Waals surface area contributed by atoms with Crippen molar-refractivity contribution >= 4 is 23.9 Å². The highest BCUT2D eigenvalue weighted by Gasteiger charge is 2.65. The molecule has 0 radical (unpaired) electrons. The Morgan fingerprint density at radius 2 is 1.49 bits per heavy atom. The topological polar surface area (TPSA) is 146 Å². The number of phenolic OH excluding ortho intramolecular Hbond substituents is 1. The van der Waals surface area contributed by atoms with Crippen molar-refractivity contribution in [3.63, 3.8) is 0 Å². The first-order valence-corrected chi connectivity index (χ1v) is 10.6. The number of carbonyl (C=O) groups is 4. The van der Waals surface area contributed by atoms with Crippen LogP contribution in [0.1, 0.15) is 27.2 Å². The molecule has 10 nitrogen and oxygen atoms in total. The number of hydrogen-bond acceptors (Lipinski definition) is 9. The number of aromatic hydroxyl groups is 1. The van der Waals surface area contributed by atoms with E-state index >= 15 is 0 Å². The molecule has 3 aliphatic heterocycles. The minimum absolute atomic E-state index is 0.134. The van der Waals surface area contributed by atoms with Gasteiger partial charge >= 0.3 is 23.9 Å². The van der Waals surface area contributed by atoms with E-state index in [1.807, 2.05) is 0 Å². The van der Waals surface area contributed by atoms with Crippen LogP contribution in [0.15, 0.2) is 60.7 Å². The van der Waals surface area contributed by atoms with Crippen molar-refractivity contribution in [1.29, 1.82) is 0 Å². The van der Waals surface area contributed by atoms with Crippen molar-refractivity contribution < 1.29 is 48.3 Å². The van der Waals surface area contributed by atoms with Crippen LogP contribution in [0.2, 0.25) is 0 Å². The maximum Gasteiger partial charge on any atom is 0.338 e. The van der Waals surface area contributed by atoms with Crippen LogP contribution in [0, 0.1) is 5.92 Å². The van der Waals surface area contributed by atoms with Crippen molar-refractivity contribution in [3.05, 3.63) is 60.7 Å². The van der Waals surface area contributed by atoms with Crippen LogP contribution in [-0.2, 0) is 33.4 Å². The van der Waals surface area contributed by atoms with Gasteiger partial charge in [-0.2, -0.15) is 0 Å². The van der Waals surface area contributed by atoms with Crippen LogP contribution in [0.5, 0.6) is 11.5 Å². The van der Waals surface area contributed by atoms with Crippen molar-refractivity contribution in [2.45, 2.75) is 51.6 Å². The monoisotopic (exact) mass is 488 g/mol. The minimum Gasteiger partial charge on any atom is -0.508 e. The van der Waals surface area contributed by atoms with E-state index in [1.54, 1.807) is 13.8 Å². The Bertz CT molecular complexity index is 1030. The number of fused-ring (bicyclic) bond motifs is 1. The molecule has 0 spiro atoms. The highest BCUT2D eigenvalue weighted by Crippen LogP contribution is 2.47. The number of esters is 3. The van der Waals surface area contributed by atoms with E-state index < -0.39 is 30.1 Å². The van der Waals surface area contributed by atoms with Crippen LogP contribution in [0.3, 0.4) is 0 Å². The van der Waals surface area contributed by atoms with Gasteiger partial charge in [-0.25, -0.2) is 14.4 Å². The number of carboxylic acids is 1. The fourth-order valence-corrected chi connectivity index (χ4v) is 3.31. The molecule has 2 N–H and O–H groups in total. The third kappa shape index (κ3) is 7.03. The summed E-state index contributed by atoms with van der Waals surface area (Å²) in [5.41, 5.74) is 0.853. The number of hydrogen-bond donors (Lipinski definition) is 2. The Kier molecular flexibility index (Phi) is 8.96. The van der Waals surface area contributed by atoms with Crippen molar-refractivity contribution in [2.24, 2.45) is 5.92 Å². The maximum absolute atomic E-state index is 11.4. The number of carbonyl (C=O) groups excluding carboxylic acids is 3. The van der Waals surface area contributed by atoms with Gasteiger partial charge < -0.3 is 29.2 Å². The highest BCUT2D eigenvalue weighted by molar-refractivity contribution is 5.89. The largest absolute Gasteiger partial charge is 0.508 e. The minimum atomic E-state index is -0.935. The summed E-state index contributed by atoms with van der Waals surface area (Å²) in [6.45, 7) is 14.7. The zero-order valence-electron chi connectivity index (χ0n) is 19.7. The Balaban J connectivity index is 0.000000205. The van der Waals surface area contributed by atoms with Crippen LogP contribution >= 0.6 is 0 Å². The zero-order valence-corrected chi connectivity index (χ0v) is 19.7. The predicted octanol–water partition coefficient (Wildman–Crippen LogP) is 2.71. The second kappa shape index (κ2) is 11.5. The summed E-state index contributed by atoms with van der Waals surface area (Å²) in [5.74, 6) is -1.72. The molecular weight excluding hydrogens is 460 g/mol. The lowest BCUT2D eigenvalue weighted by atomic mass is 9.88. The molecule has 4 rings (SSSR count). The van der Waals surface area contributed by atoms with Crippen molar-refractivity contribution in [1.82, 2.24) is 0 Å². The molecule has 35 heavy (non-hydrogen) atoms. The van der Waals surface area contributed by atoms with Crippen LogP contribution in [-0.4, -0.2) is 58.5 Å². The molecule has 3 saturated heterocycles. The first-order valence-electron chi connectivity index (χ1n) is 10.6. The number of ether oxygens (including phenoxy) is 4. The molecule has 1 aromatic rings. The summed E-state index contributed by atoms with van der Waals surface area (Å²) in [6, 6.07) is 5.91. The van der Waals surface area contributed by atoms with Crippen LogP contribution in [0.25, 0.3) is 0 Å². The molecule has 5 unspecified atom stereocenters. The fraction of sp³-hybridized carbons (Fsp3) is 0.360. The van der Waals surface area contributed by atoms with E-state index in [0.717, 1.165) is 0 Å². The standard InChI is InChI=1S/C11H12O5.C10H10O3.C4H6O2/c1-4(2)10(12)15-8-6-3-5-7(14-6)9(8)16-11(5)13;1-7(2)10(12)13-9-5-3-8(11)4-6-9;1-3(2)4(5)6/h5-9H,1,3H2,2H3;3-6,11H,1H2,2H3;1H2,2H3,(H,5,6). The zero-order chi connectivity index (χ0) is 26.4. The number of benzene rings is 1. The van der Waals surface area contributed by atoms with Gasteiger partial charge in [0.1, 0.15) is 17.6 Å². The summed E-state index contributed by atoms with van der Waals surface area (Å²) < 4.78 is 20.9. The molecule has 188 valence electrons. The van der Waals surface area contributed by atoms with E-state index in [-0.39, 0.29) is 35.4 Å². The summed E-state index contributed by atoms with van der Waals surface area (Å²) >= 11 is 0. The average molecular weight is 488 g/mol. The molecule has 3 heterocycles. The first-order chi connectivity index (χ1) is 16.3. The number of rotatable bonds is 5. The van der Waals surface area contributed by atoms with Crippen LogP contribution in [0.4, 0.5) is 0 Å². The SMILES string of the molecule is C=C(C)C(=O)O.C=C(C)C(=O)OC1C2CC3C(=O)OC1C3O2.C=C(C)C(=O)Oc1ccc(O)cc1. The predicted molar refractivity (Wildman–Crippen MR) is 122 cm³/mol. The van der Waals surface area contributed by atoms with E-state index in [0.29, 0.717) is 23.3 Å². The normalized spacial score (nSPS) is 24.5. The van der Waals surface area contributed by atoms with E-state index in [1.165, 1.54) is 31.2 Å². The molecule has 0 saturated carbocycles. The molecule has 0 aromatic heterocycles. The average Bonchev–Trinajstić information content (AvgIpc) is 3.41. The lowest BCUT2D eigenvalue weighted by molar-refractivity contribution is -0.157. The number of carboxylic acid groups (broad SMARTS) is 1. The number of aliphatic carboxylic acids is 1. The Morgan fingerprint density at radius 1 is 0.943 bits per heavy atom. The Labute approximate surface area is 202 Å². The summed E-state index contributed by atoms with van der Waals surface area (Å²) in [4.78, 5) is 43.4. The lowest BCUT2D eigenvalue weighted by Crippen LogP contribution is -2.40. The highest BCUT2D eigenvalue weighted by atomic mass is 16.7. The first kappa shape index (κ1) is 27.3. The van der Waals surface area contributed by atoms with Gasteiger partial charge in [-0.3, -0.25) is 4.79 Å². The van der Waals surface area contributed by atoms with Crippen molar-refractivity contribution in [2.75, 3.05) is 0 Å². The van der Waals surface area contributed by atoms with E-state index in [4.69, 9.17) is 29.2 Å². The molecule has 1 aromatic carbocycles. The quantitative estimate of drug-likeness (QED) is 0.360. The van der Waals surface area contributed by atoms with Gasteiger partial charge in [0.15, 0.2) is 12.2 Å². The smallest absolute Gasteiger partial charge is 0.338 e. The van der Waals surface area contributed by atoms with Crippen LogP contribution < -0.4 is 4.74 Å². The summed E-state index contributed by atoms with van der Waals surface area (Å²) in [7, 11) is 0. The second-order valence-electron chi connectivity index (χ2n) is 8.28. The molecular formula is C25H28O10. The van der Waals surface area contributed by atoms with Gasteiger partial charge in [0.05, 0.1) is 12.0 Å². The Morgan fingerprint density at radius 3 is 1.97 bits per heavy atom. The summed E-state index contributed by atoms with van der Waals surface area (Å²) in [5, 5.41) is 16.8. The van der Waals surface area contributed by atoms with Gasteiger partial charge in [-0.1, -0.05) is 19.7 Å². The molecule has 0 amide bonds. The third-order valence-electron chi connectivity index (χ3n) is 5.14. The van der Waals surface area contributed by atoms with E-state index in [2.05, 4.69) is 19.7 Å². The van der Waals surface area contributed by atoms with Gasteiger partial charge in [-0.05, 0) is 51.5 Å². The molecule has 2 bridgehead atoms. The summed E-state index contributed by atoms with van der Waals surface area (Å²) in [6.07, 6.45) is -0.708. The van der Waals surface area contributed by atoms with Crippen molar-refractivity contribution in [3.8, 4) is 11.5 Å². The second-order valence-corrected chi connectivity index (χ2v) is 8.28. The third-order valence-corrected chi connectivity index (χ3v) is 5.14. The van der Waals surface area contributed by atoms with Gasteiger partial charge in [0, 0.05) is 16.7 Å². The van der Waals surface area contributed by atoms with Gasteiger partial charge in [0.2, 0.25) is 0 Å². The maximum atomic E-state index is 11.4. The molecule has 3 aliphatic rings. The molecule has 10 heteroatoms. The molecule has 5 atom stereocenters. The van der Waals surface area contributed by atoms with E-state index in [9.17, 15) is 19.2 Å². The fourth-order valence-electron chi connectivity index (χ4n) is 3.31. The van der Waals surface area contributed by atoms with Gasteiger partial charge in [-0.15, -0.1) is 0 Å². The molecule has 0 aliphatic carbocycles. The Hall–Kier alpha value is -3.92.